The lowest BCUT2D eigenvalue weighted by atomic mass is 10.1. The van der Waals surface area contributed by atoms with Crippen LogP contribution in [0.3, 0.4) is 0 Å². The normalized spacial score (nSPS) is 11.8. The fraction of sp³-hybridized carbons (Fsp3) is 0.385. The molecule has 1 aromatic carbocycles. The summed E-state index contributed by atoms with van der Waals surface area (Å²) in [7, 11) is 0. The maximum absolute atomic E-state index is 11.8. The molecule has 1 aromatic rings. The van der Waals surface area contributed by atoms with Crippen LogP contribution in [0.25, 0.3) is 0 Å². The molecule has 0 bridgehead atoms. The van der Waals surface area contributed by atoms with Gasteiger partial charge in [0.1, 0.15) is 0 Å². The summed E-state index contributed by atoms with van der Waals surface area (Å²) in [5, 5.41) is 17.7. The molecule has 0 amide bonds. The van der Waals surface area contributed by atoms with Crippen LogP contribution in [0.15, 0.2) is 24.3 Å². The van der Waals surface area contributed by atoms with Crippen molar-refractivity contribution in [3.05, 3.63) is 35.4 Å². The summed E-state index contributed by atoms with van der Waals surface area (Å²) in [6.45, 7) is 2.15. The highest BCUT2D eigenvalue weighted by atomic mass is 32.2. The molecule has 90 valence electrons. The van der Waals surface area contributed by atoms with Gasteiger partial charge in [0.2, 0.25) is 0 Å². The zero-order valence-corrected chi connectivity index (χ0v) is 10.5. The van der Waals surface area contributed by atoms with Crippen molar-refractivity contribution in [2.45, 2.75) is 18.6 Å². The van der Waals surface area contributed by atoms with Gasteiger partial charge >= 0.3 is 0 Å². The molecule has 0 fully saturated rings. The predicted molar refractivity (Wildman–Crippen MR) is 69.1 cm³/mol. The summed E-state index contributed by atoms with van der Waals surface area (Å²) >= 11 is 1.54. The summed E-state index contributed by atoms with van der Waals surface area (Å²) in [5.41, 5.74) is 1.19. The van der Waals surface area contributed by atoms with E-state index in [0.29, 0.717) is 23.3 Å². The summed E-state index contributed by atoms with van der Waals surface area (Å²) in [4.78, 5) is 11.8. The molecule has 0 heterocycles. The highest BCUT2D eigenvalue weighted by Gasteiger charge is 2.09. The number of hydrogen-bond donors (Lipinski definition) is 1. The lowest BCUT2D eigenvalue weighted by Crippen LogP contribution is -2.07. The Bertz CT molecular complexity index is 408. The zero-order chi connectivity index (χ0) is 12.7. The third-order valence-corrected chi connectivity index (χ3v) is 3.60. The summed E-state index contributed by atoms with van der Waals surface area (Å²) in [6.07, 6.45) is 0.700. The molecule has 1 N–H and O–H groups in total. The van der Waals surface area contributed by atoms with Gasteiger partial charge in [-0.3, -0.25) is 4.79 Å². The van der Waals surface area contributed by atoms with Gasteiger partial charge < -0.3 is 5.11 Å². The monoisotopic (exact) mass is 249 g/mol. The fourth-order valence-electron chi connectivity index (χ4n) is 1.30. The Morgan fingerprint density at radius 2 is 2.12 bits per heavy atom. The molecule has 3 nitrogen and oxygen atoms in total. The average molecular weight is 249 g/mol. The number of aliphatic hydroxyl groups excluding tert-OH is 1. The van der Waals surface area contributed by atoms with E-state index in [1.165, 1.54) is 11.8 Å². The van der Waals surface area contributed by atoms with E-state index in [-0.39, 0.29) is 17.6 Å². The number of hydrogen-bond acceptors (Lipinski definition) is 4. The molecule has 0 radical (unpaired) electrons. The first-order valence-corrected chi connectivity index (χ1v) is 6.48. The molecule has 1 atom stereocenters. The van der Waals surface area contributed by atoms with Gasteiger partial charge in [-0.1, -0.05) is 19.1 Å². The molecule has 0 aliphatic carbocycles. The summed E-state index contributed by atoms with van der Waals surface area (Å²) in [5.74, 6) is 0.469. The van der Waals surface area contributed by atoms with Crippen LogP contribution in [0.1, 0.15) is 29.3 Å². The second kappa shape index (κ2) is 7.10. The van der Waals surface area contributed by atoms with E-state index in [2.05, 4.69) is 0 Å². The Morgan fingerprint density at radius 1 is 1.47 bits per heavy atom. The molecule has 4 heteroatoms. The number of thioether (sulfide) groups is 1. The van der Waals surface area contributed by atoms with Crippen LogP contribution in [-0.2, 0) is 0 Å². The molecular weight excluding hydrogens is 234 g/mol. The number of carbonyl (C=O) groups excluding carboxylic acids is 1. The third-order valence-electron chi connectivity index (χ3n) is 2.37. The first-order valence-electron chi connectivity index (χ1n) is 5.43. The van der Waals surface area contributed by atoms with Crippen molar-refractivity contribution < 1.29 is 9.90 Å². The number of benzene rings is 1. The maximum atomic E-state index is 11.8. The van der Waals surface area contributed by atoms with Gasteiger partial charge in [-0.25, -0.2) is 0 Å². The summed E-state index contributed by atoms with van der Waals surface area (Å²) in [6, 6.07) is 8.67. The minimum Gasteiger partial charge on any atom is -0.396 e. The van der Waals surface area contributed by atoms with Crippen LogP contribution in [-0.4, -0.2) is 28.5 Å². The van der Waals surface area contributed by atoms with Crippen molar-refractivity contribution in [3.63, 3.8) is 0 Å². The van der Waals surface area contributed by atoms with Crippen molar-refractivity contribution in [3.8, 4) is 6.07 Å². The van der Waals surface area contributed by atoms with E-state index in [1.807, 2.05) is 13.0 Å². The number of nitrogens with zero attached hydrogens (tertiary/aromatic N) is 1. The Kier molecular flexibility index (Phi) is 5.75. The second-order valence-electron chi connectivity index (χ2n) is 3.75. The largest absolute Gasteiger partial charge is 0.396 e. The summed E-state index contributed by atoms with van der Waals surface area (Å²) < 4.78 is 0. The number of carbonyl (C=O) groups is 1. The van der Waals surface area contributed by atoms with Crippen LogP contribution in [0.4, 0.5) is 0 Å². The van der Waals surface area contributed by atoms with Crippen molar-refractivity contribution in [2.75, 3.05) is 12.4 Å². The van der Waals surface area contributed by atoms with Crippen LogP contribution in [0.2, 0.25) is 0 Å². The van der Waals surface area contributed by atoms with E-state index in [9.17, 15) is 4.79 Å². The predicted octanol–water partition coefficient (Wildman–Crippen LogP) is 2.25. The third kappa shape index (κ3) is 4.59. The van der Waals surface area contributed by atoms with Gasteiger partial charge in [0, 0.05) is 17.4 Å². The lowest BCUT2D eigenvalue weighted by molar-refractivity contribution is 0.102. The van der Waals surface area contributed by atoms with Crippen LogP contribution in [0.5, 0.6) is 0 Å². The molecule has 0 aliphatic heterocycles. The minimum absolute atomic E-state index is 0.0595. The van der Waals surface area contributed by atoms with E-state index in [1.54, 1.807) is 24.3 Å². The van der Waals surface area contributed by atoms with Crippen LogP contribution >= 0.6 is 11.8 Å². The van der Waals surface area contributed by atoms with Gasteiger partial charge in [-0.05, 0) is 18.6 Å². The molecule has 0 spiro atoms. The Labute approximate surface area is 105 Å². The number of rotatable bonds is 6. The van der Waals surface area contributed by atoms with E-state index in [0.717, 1.165) is 0 Å². The number of Topliss-reactive ketones (excluding diaryl/α,β-unsaturated/α-hetero) is 1. The Morgan fingerprint density at radius 3 is 2.65 bits per heavy atom. The van der Waals surface area contributed by atoms with Gasteiger partial charge in [-0.2, -0.15) is 17.0 Å². The zero-order valence-electron chi connectivity index (χ0n) is 9.72. The number of nitriles is 1. The molecular formula is C13H15NO2S. The average Bonchev–Trinajstić information content (AvgIpc) is 2.36. The first-order chi connectivity index (χ1) is 8.17. The van der Waals surface area contributed by atoms with Gasteiger partial charge in [0.05, 0.1) is 17.4 Å². The van der Waals surface area contributed by atoms with Gasteiger partial charge in [0.15, 0.2) is 5.78 Å². The topological polar surface area (TPSA) is 61.1 Å². The quantitative estimate of drug-likeness (QED) is 0.785. The fourth-order valence-corrected chi connectivity index (χ4v) is 2.17. The van der Waals surface area contributed by atoms with Gasteiger partial charge in [0.25, 0.3) is 0 Å². The number of aliphatic hydroxyl groups is 1. The molecule has 0 saturated carbocycles. The van der Waals surface area contributed by atoms with Crippen molar-refractivity contribution >= 4 is 17.5 Å². The minimum atomic E-state index is 0.0595. The molecule has 0 aliphatic rings. The Hall–Kier alpha value is -1.31. The second-order valence-corrected chi connectivity index (χ2v) is 5.17. The molecule has 17 heavy (non-hydrogen) atoms. The van der Waals surface area contributed by atoms with E-state index in [4.69, 9.17) is 10.4 Å². The van der Waals surface area contributed by atoms with Crippen molar-refractivity contribution in [2.24, 2.45) is 0 Å². The van der Waals surface area contributed by atoms with Crippen molar-refractivity contribution in [1.82, 2.24) is 0 Å². The number of ketones is 1. The lowest BCUT2D eigenvalue weighted by Gasteiger charge is -2.08. The van der Waals surface area contributed by atoms with E-state index >= 15 is 0 Å². The van der Waals surface area contributed by atoms with Crippen LogP contribution in [0, 0.1) is 11.3 Å². The van der Waals surface area contributed by atoms with Crippen LogP contribution < -0.4 is 0 Å². The Balaban J connectivity index is 2.50. The maximum Gasteiger partial charge on any atom is 0.172 e. The smallest absolute Gasteiger partial charge is 0.172 e. The molecule has 0 saturated heterocycles. The first kappa shape index (κ1) is 13.8. The molecule has 0 aromatic heterocycles. The van der Waals surface area contributed by atoms with Gasteiger partial charge in [-0.15, -0.1) is 0 Å². The SMILES string of the molecule is CC(CCO)SCC(=O)c1ccc(C#N)cc1. The highest BCUT2D eigenvalue weighted by Crippen LogP contribution is 2.16. The molecule has 1 unspecified atom stereocenters. The molecule has 1 rings (SSSR count). The van der Waals surface area contributed by atoms with E-state index < -0.39 is 0 Å². The standard InChI is InChI=1S/C13H15NO2S/c1-10(6-7-15)17-9-13(16)12-4-2-11(8-14)3-5-12/h2-5,10,15H,6-7,9H2,1H3. The van der Waals surface area contributed by atoms with Crippen molar-refractivity contribution in [1.29, 1.82) is 5.26 Å². The highest BCUT2D eigenvalue weighted by molar-refractivity contribution is 8.00.